The zero-order chi connectivity index (χ0) is 12.4. The van der Waals surface area contributed by atoms with Crippen LogP contribution in [0.4, 0.5) is 0 Å². The minimum absolute atomic E-state index is 0.334. The van der Waals surface area contributed by atoms with Gasteiger partial charge in [0, 0.05) is 11.3 Å². The van der Waals surface area contributed by atoms with E-state index in [1.54, 1.807) is 17.8 Å². The molecule has 0 amide bonds. The Bertz CT molecular complexity index is 645. The summed E-state index contributed by atoms with van der Waals surface area (Å²) in [5.41, 5.74) is 2.93. The number of para-hydroxylation sites is 3. The predicted octanol–water partition coefficient (Wildman–Crippen LogP) is 3.56. The normalized spacial score (nSPS) is 10.9. The lowest BCUT2D eigenvalue weighted by Crippen LogP contribution is -1.82. The first-order valence-corrected chi connectivity index (χ1v) is 6.66. The SMILES string of the molecule is Oc1ccccc1CSc1nc2ccccc2[nH]1. The van der Waals surface area contributed by atoms with Crippen LogP contribution in [0, 0.1) is 0 Å². The van der Waals surface area contributed by atoms with Gasteiger partial charge < -0.3 is 10.1 Å². The van der Waals surface area contributed by atoms with E-state index in [0.717, 1.165) is 21.8 Å². The molecule has 90 valence electrons. The predicted molar refractivity (Wildman–Crippen MR) is 73.8 cm³/mol. The number of thioether (sulfide) groups is 1. The van der Waals surface area contributed by atoms with E-state index < -0.39 is 0 Å². The first-order valence-electron chi connectivity index (χ1n) is 5.67. The van der Waals surface area contributed by atoms with Crippen molar-refractivity contribution >= 4 is 22.8 Å². The summed E-state index contributed by atoms with van der Waals surface area (Å²) < 4.78 is 0. The molecule has 0 aliphatic heterocycles. The number of imidazole rings is 1. The Morgan fingerprint density at radius 1 is 1.06 bits per heavy atom. The number of benzene rings is 2. The number of hydrogen-bond acceptors (Lipinski definition) is 3. The van der Waals surface area contributed by atoms with Gasteiger partial charge in [0.05, 0.1) is 11.0 Å². The smallest absolute Gasteiger partial charge is 0.166 e. The zero-order valence-corrected chi connectivity index (χ0v) is 10.4. The Morgan fingerprint density at radius 2 is 1.83 bits per heavy atom. The summed E-state index contributed by atoms with van der Waals surface area (Å²) >= 11 is 1.59. The number of nitrogens with one attached hydrogen (secondary N) is 1. The Labute approximate surface area is 109 Å². The fourth-order valence-corrected chi connectivity index (χ4v) is 2.66. The standard InChI is InChI=1S/C14H12N2OS/c17-13-8-4-1-5-10(13)9-18-14-15-11-6-2-3-7-12(11)16-14/h1-8,17H,9H2,(H,15,16). The molecular weight excluding hydrogens is 244 g/mol. The van der Waals surface area contributed by atoms with Crippen LogP contribution in [0.1, 0.15) is 5.56 Å². The first-order chi connectivity index (χ1) is 8.83. The van der Waals surface area contributed by atoms with Gasteiger partial charge in [-0.1, -0.05) is 42.1 Å². The number of phenolic OH excluding ortho intramolecular Hbond substituents is 1. The van der Waals surface area contributed by atoms with Gasteiger partial charge in [-0.05, 0) is 18.2 Å². The molecule has 0 aliphatic rings. The molecule has 3 nitrogen and oxygen atoms in total. The molecule has 0 aliphatic carbocycles. The molecule has 1 aromatic heterocycles. The fraction of sp³-hybridized carbons (Fsp3) is 0.0714. The first kappa shape index (κ1) is 11.2. The lowest BCUT2D eigenvalue weighted by molar-refractivity contribution is 0.470. The van der Waals surface area contributed by atoms with Gasteiger partial charge in [-0.15, -0.1) is 0 Å². The van der Waals surface area contributed by atoms with Crippen molar-refractivity contribution in [2.24, 2.45) is 0 Å². The third-order valence-corrected chi connectivity index (χ3v) is 3.65. The molecule has 0 saturated heterocycles. The van der Waals surface area contributed by atoms with Gasteiger partial charge in [-0.2, -0.15) is 0 Å². The van der Waals surface area contributed by atoms with Crippen molar-refractivity contribution in [3.63, 3.8) is 0 Å². The number of H-pyrrole nitrogens is 1. The van der Waals surface area contributed by atoms with Crippen LogP contribution in [0.3, 0.4) is 0 Å². The molecule has 0 unspecified atom stereocenters. The second-order valence-corrected chi connectivity index (χ2v) is 4.94. The lowest BCUT2D eigenvalue weighted by atomic mass is 10.2. The highest BCUT2D eigenvalue weighted by molar-refractivity contribution is 7.98. The number of fused-ring (bicyclic) bond motifs is 1. The van der Waals surface area contributed by atoms with E-state index in [9.17, 15) is 5.11 Å². The number of aromatic amines is 1. The number of aromatic hydroxyl groups is 1. The summed E-state index contributed by atoms with van der Waals surface area (Å²) in [5, 5.41) is 10.6. The van der Waals surface area contributed by atoms with Crippen molar-refractivity contribution in [1.82, 2.24) is 9.97 Å². The summed E-state index contributed by atoms with van der Waals surface area (Å²) in [6, 6.07) is 15.3. The van der Waals surface area contributed by atoms with E-state index in [1.807, 2.05) is 42.5 Å². The van der Waals surface area contributed by atoms with Crippen LogP contribution >= 0.6 is 11.8 Å². The van der Waals surface area contributed by atoms with Crippen molar-refractivity contribution < 1.29 is 5.11 Å². The van der Waals surface area contributed by atoms with E-state index in [1.165, 1.54) is 0 Å². The summed E-state index contributed by atoms with van der Waals surface area (Å²) in [7, 11) is 0. The highest BCUT2D eigenvalue weighted by Crippen LogP contribution is 2.26. The summed E-state index contributed by atoms with van der Waals surface area (Å²) in [6.45, 7) is 0. The average Bonchev–Trinajstić information content (AvgIpc) is 2.80. The summed E-state index contributed by atoms with van der Waals surface area (Å²) in [4.78, 5) is 7.74. The maximum atomic E-state index is 9.68. The Morgan fingerprint density at radius 3 is 2.67 bits per heavy atom. The van der Waals surface area contributed by atoms with Gasteiger partial charge in [0.1, 0.15) is 5.75 Å². The molecule has 3 aromatic rings. The van der Waals surface area contributed by atoms with Crippen LogP contribution in [0.5, 0.6) is 5.75 Å². The highest BCUT2D eigenvalue weighted by Gasteiger charge is 2.05. The fourth-order valence-electron chi connectivity index (χ4n) is 1.78. The highest BCUT2D eigenvalue weighted by atomic mass is 32.2. The van der Waals surface area contributed by atoms with Gasteiger partial charge in [0.2, 0.25) is 0 Å². The van der Waals surface area contributed by atoms with Crippen molar-refractivity contribution in [3.8, 4) is 5.75 Å². The van der Waals surface area contributed by atoms with E-state index in [2.05, 4.69) is 9.97 Å². The van der Waals surface area contributed by atoms with Crippen LogP contribution in [-0.2, 0) is 5.75 Å². The van der Waals surface area contributed by atoms with E-state index in [0.29, 0.717) is 11.5 Å². The van der Waals surface area contributed by atoms with Gasteiger partial charge in [0.25, 0.3) is 0 Å². The van der Waals surface area contributed by atoms with Crippen LogP contribution < -0.4 is 0 Å². The number of phenols is 1. The quantitative estimate of drug-likeness (QED) is 0.704. The molecule has 2 aromatic carbocycles. The van der Waals surface area contributed by atoms with Crippen LogP contribution in [0.25, 0.3) is 11.0 Å². The van der Waals surface area contributed by atoms with Crippen LogP contribution in [0.15, 0.2) is 53.7 Å². The van der Waals surface area contributed by atoms with E-state index in [4.69, 9.17) is 0 Å². The average molecular weight is 256 g/mol. The second-order valence-electron chi connectivity index (χ2n) is 3.98. The van der Waals surface area contributed by atoms with Crippen LogP contribution in [0.2, 0.25) is 0 Å². The molecule has 18 heavy (non-hydrogen) atoms. The van der Waals surface area contributed by atoms with Crippen molar-refractivity contribution in [2.75, 3.05) is 0 Å². The Kier molecular flexibility index (Phi) is 2.94. The maximum Gasteiger partial charge on any atom is 0.166 e. The Balaban J connectivity index is 1.79. The molecule has 0 spiro atoms. The molecule has 1 heterocycles. The molecule has 0 fully saturated rings. The molecule has 0 radical (unpaired) electrons. The third-order valence-electron chi connectivity index (χ3n) is 2.72. The Hall–Kier alpha value is -1.94. The summed E-state index contributed by atoms with van der Waals surface area (Å²) in [6.07, 6.45) is 0. The number of hydrogen-bond donors (Lipinski definition) is 2. The van der Waals surface area contributed by atoms with Crippen molar-refractivity contribution in [1.29, 1.82) is 0 Å². The molecular formula is C14H12N2OS. The third kappa shape index (κ3) is 2.19. The molecule has 3 rings (SSSR count). The van der Waals surface area contributed by atoms with Gasteiger partial charge in [-0.25, -0.2) is 4.98 Å². The van der Waals surface area contributed by atoms with E-state index >= 15 is 0 Å². The van der Waals surface area contributed by atoms with Crippen molar-refractivity contribution in [3.05, 3.63) is 54.1 Å². The minimum atomic E-state index is 0.334. The van der Waals surface area contributed by atoms with Gasteiger partial charge in [-0.3, -0.25) is 0 Å². The van der Waals surface area contributed by atoms with Crippen LogP contribution in [-0.4, -0.2) is 15.1 Å². The van der Waals surface area contributed by atoms with Crippen molar-refractivity contribution in [2.45, 2.75) is 10.9 Å². The molecule has 2 N–H and O–H groups in total. The maximum absolute atomic E-state index is 9.68. The number of nitrogens with zero attached hydrogens (tertiary/aromatic N) is 1. The minimum Gasteiger partial charge on any atom is -0.508 e. The zero-order valence-electron chi connectivity index (χ0n) is 9.63. The molecule has 0 saturated carbocycles. The topological polar surface area (TPSA) is 48.9 Å². The van der Waals surface area contributed by atoms with Gasteiger partial charge in [0.15, 0.2) is 5.16 Å². The van der Waals surface area contributed by atoms with Gasteiger partial charge >= 0.3 is 0 Å². The number of aromatic nitrogens is 2. The number of rotatable bonds is 3. The largest absolute Gasteiger partial charge is 0.508 e. The molecule has 0 atom stereocenters. The monoisotopic (exact) mass is 256 g/mol. The molecule has 4 heteroatoms. The van der Waals surface area contributed by atoms with E-state index in [-0.39, 0.29) is 0 Å². The second kappa shape index (κ2) is 4.74. The summed E-state index contributed by atoms with van der Waals surface area (Å²) in [5.74, 6) is 1.04. The lowest BCUT2D eigenvalue weighted by Gasteiger charge is -2.01. The molecule has 0 bridgehead atoms.